The van der Waals surface area contributed by atoms with E-state index in [1.165, 1.54) is 35.5 Å². The van der Waals surface area contributed by atoms with Gasteiger partial charge in [-0.2, -0.15) is 0 Å². The van der Waals surface area contributed by atoms with Crippen LogP contribution in [0.2, 0.25) is 0 Å². The van der Waals surface area contributed by atoms with Crippen molar-refractivity contribution in [3.8, 4) is 0 Å². The quantitative estimate of drug-likeness (QED) is 0.592. The van der Waals surface area contributed by atoms with E-state index in [0.717, 1.165) is 24.9 Å². The van der Waals surface area contributed by atoms with Gasteiger partial charge in [0.25, 0.3) is 0 Å². The highest BCUT2D eigenvalue weighted by molar-refractivity contribution is 7.14. The summed E-state index contributed by atoms with van der Waals surface area (Å²) in [5.41, 5.74) is 3.94. The minimum absolute atomic E-state index is 0.0457. The Labute approximate surface area is 180 Å². The average molecular weight is 418 g/mol. The van der Waals surface area contributed by atoms with Gasteiger partial charge in [0.2, 0.25) is 11.8 Å². The third-order valence-corrected chi connectivity index (χ3v) is 5.97. The largest absolute Gasteiger partial charge is 0.346 e. The Hall–Kier alpha value is -3.25. The second-order valence-corrected chi connectivity index (χ2v) is 8.07. The summed E-state index contributed by atoms with van der Waals surface area (Å²) in [6.07, 6.45) is 6.28. The summed E-state index contributed by atoms with van der Waals surface area (Å²) < 4.78 is 0. The number of aryl methyl sites for hydroxylation is 1. The van der Waals surface area contributed by atoms with Gasteiger partial charge in [-0.15, -0.1) is 11.3 Å². The molecule has 0 spiro atoms. The predicted molar refractivity (Wildman–Crippen MR) is 121 cm³/mol. The van der Waals surface area contributed by atoms with Crippen LogP contribution < -0.4 is 10.2 Å². The maximum atomic E-state index is 12.5. The van der Waals surface area contributed by atoms with Crippen LogP contribution in [0, 0.1) is 0 Å². The van der Waals surface area contributed by atoms with Crippen LogP contribution in [0.5, 0.6) is 0 Å². The second-order valence-electron chi connectivity index (χ2n) is 7.23. The second kappa shape index (κ2) is 9.05. The van der Waals surface area contributed by atoms with Crippen LogP contribution >= 0.6 is 11.3 Å². The molecule has 1 atom stereocenters. The van der Waals surface area contributed by atoms with Gasteiger partial charge in [-0.05, 0) is 48.6 Å². The molecule has 152 valence electrons. The first-order chi connectivity index (χ1) is 14.6. The normalized spacial score (nSPS) is 15.6. The van der Waals surface area contributed by atoms with Crippen molar-refractivity contribution in [3.05, 3.63) is 82.9 Å². The summed E-state index contributed by atoms with van der Waals surface area (Å²) in [7, 11) is 0. The number of thiazole rings is 1. The number of amides is 2. The monoisotopic (exact) mass is 417 g/mol. The number of fused-ring (bicyclic) bond motifs is 1. The lowest BCUT2D eigenvalue weighted by Gasteiger charge is -2.25. The molecule has 0 fully saturated rings. The van der Waals surface area contributed by atoms with Crippen LogP contribution in [-0.2, 0) is 16.0 Å². The SMILES string of the molecule is CC(=O)N(c1ccccc1)c1nc(/C=C/C(=O)N[C@H]2CCCc3ccccc32)cs1. The zero-order valence-electron chi connectivity index (χ0n) is 16.7. The maximum Gasteiger partial charge on any atom is 0.244 e. The first kappa shape index (κ1) is 20.0. The Morgan fingerprint density at radius 2 is 1.90 bits per heavy atom. The average Bonchev–Trinajstić information content (AvgIpc) is 3.21. The zero-order valence-corrected chi connectivity index (χ0v) is 17.6. The van der Waals surface area contributed by atoms with Gasteiger partial charge >= 0.3 is 0 Å². The van der Waals surface area contributed by atoms with Crippen molar-refractivity contribution in [1.82, 2.24) is 10.3 Å². The molecular weight excluding hydrogens is 394 g/mol. The van der Waals surface area contributed by atoms with E-state index in [4.69, 9.17) is 0 Å². The zero-order chi connectivity index (χ0) is 20.9. The van der Waals surface area contributed by atoms with Crippen LogP contribution in [0.3, 0.4) is 0 Å². The third-order valence-electron chi connectivity index (χ3n) is 5.12. The van der Waals surface area contributed by atoms with E-state index in [2.05, 4.69) is 22.4 Å². The molecule has 6 heteroatoms. The van der Waals surface area contributed by atoms with Gasteiger partial charge in [0.15, 0.2) is 5.13 Å². The summed E-state index contributed by atoms with van der Waals surface area (Å²) in [5.74, 6) is -0.252. The predicted octanol–water partition coefficient (Wildman–Crippen LogP) is 5.03. The minimum atomic E-state index is -0.141. The molecule has 0 unspecified atom stereocenters. The number of para-hydroxylation sites is 1. The van der Waals surface area contributed by atoms with Gasteiger partial charge in [-0.1, -0.05) is 42.5 Å². The van der Waals surface area contributed by atoms with Crippen LogP contribution in [-0.4, -0.2) is 16.8 Å². The molecule has 30 heavy (non-hydrogen) atoms. The first-order valence-corrected chi connectivity index (χ1v) is 10.9. The highest BCUT2D eigenvalue weighted by Gasteiger charge is 2.21. The van der Waals surface area contributed by atoms with Crippen LogP contribution in [0.15, 0.2) is 66.1 Å². The van der Waals surface area contributed by atoms with Gasteiger partial charge in [0.1, 0.15) is 0 Å². The van der Waals surface area contributed by atoms with Crippen LogP contribution in [0.25, 0.3) is 6.08 Å². The molecule has 0 bridgehead atoms. The Morgan fingerprint density at radius 1 is 1.13 bits per heavy atom. The van der Waals surface area contributed by atoms with Gasteiger partial charge in [-0.3, -0.25) is 14.5 Å². The fourth-order valence-corrected chi connectivity index (χ4v) is 4.60. The fourth-order valence-electron chi connectivity index (χ4n) is 3.74. The Morgan fingerprint density at radius 3 is 2.70 bits per heavy atom. The van der Waals surface area contributed by atoms with Crippen LogP contribution in [0.4, 0.5) is 10.8 Å². The van der Waals surface area contributed by atoms with Crippen molar-refractivity contribution in [2.75, 3.05) is 4.90 Å². The smallest absolute Gasteiger partial charge is 0.244 e. The first-order valence-electron chi connectivity index (χ1n) is 9.99. The van der Waals surface area contributed by atoms with E-state index < -0.39 is 0 Å². The van der Waals surface area contributed by atoms with Crippen molar-refractivity contribution < 1.29 is 9.59 Å². The minimum Gasteiger partial charge on any atom is -0.346 e. The lowest BCUT2D eigenvalue weighted by atomic mass is 9.88. The molecule has 1 aliphatic rings. The number of carbonyl (C=O) groups is 2. The van der Waals surface area contributed by atoms with E-state index in [1.807, 2.05) is 47.8 Å². The summed E-state index contributed by atoms with van der Waals surface area (Å²) in [6.45, 7) is 1.51. The number of rotatable bonds is 5. The summed E-state index contributed by atoms with van der Waals surface area (Å²) in [5, 5.41) is 5.52. The highest BCUT2D eigenvalue weighted by Crippen LogP contribution is 2.30. The molecule has 4 rings (SSSR count). The third kappa shape index (κ3) is 4.49. The fraction of sp³-hybridized carbons (Fsp3) is 0.208. The number of benzene rings is 2. The van der Waals surface area contributed by atoms with E-state index in [-0.39, 0.29) is 17.9 Å². The van der Waals surface area contributed by atoms with E-state index in [0.29, 0.717) is 10.8 Å². The van der Waals surface area contributed by atoms with Gasteiger partial charge < -0.3 is 5.32 Å². The molecule has 2 aromatic carbocycles. The van der Waals surface area contributed by atoms with E-state index in [1.54, 1.807) is 11.0 Å². The molecule has 0 aliphatic heterocycles. The van der Waals surface area contributed by atoms with Crippen molar-refractivity contribution in [2.45, 2.75) is 32.2 Å². The molecule has 5 nitrogen and oxygen atoms in total. The Balaban J connectivity index is 1.45. The molecular formula is C24H23N3O2S. The number of hydrogen-bond donors (Lipinski definition) is 1. The lowest BCUT2D eigenvalue weighted by Crippen LogP contribution is -2.29. The number of aromatic nitrogens is 1. The summed E-state index contributed by atoms with van der Waals surface area (Å²) in [4.78, 5) is 30.7. The topological polar surface area (TPSA) is 62.3 Å². The van der Waals surface area contributed by atoms with E-state index >= 15 is 0 Å². The van der Waals surface area contributed by atoms with Crippen molar-refractivity contribution in [1.29, 1.82) is 0 Å². The summed E-state index contributed by atoms with van der Waals surface area (Å²) >= 11 is 1.37. The molecule has 1 N–H and O–H groups in total. The molecule has 1 aliphatic carbocycles. The van der Waals surface area contributed by atoms with Crippen molar-refractivity contribution in [2.24, 2.45) is 0 Å². The van der Waals surface area contributed by atoms with Gasteiger partial charge in [-0.25, -0.2) is 4.98 Å². The summed E-state index contributed by atoms with van der Waals surface area (Å²) in [6, 6.07) is 17.7. The Kier molecular flexibility index (Phi) is 6.05. The lowest BCUT2D eigenvalue weighted by molar-refractivity contribution is -0.117. The van der Waals surface area contributed by atoms with E-state index in [9.17, 15) is 9.59 Å². The molecule has 0 radical (unpaired) electrons. The highest BCUT2D eigenvalue weighted by atomic mass is 32.1. The number of nitrogens with zero attached hydrogens (tertiary/aromatic N) is 2. The maximum absolute atomic E-state index is 12.5. The number of hydrogen-bond acceptors (Lipinski definition) is 4. The van der Waals surface area contributed by atoms with Crippen molar-refractivity contribution >= 4 is 40.0 Å². The molecule has 0 saturated heterocycles. The number of nitrogens with one attached hydrogen (secondary N) is 1. The standard InChI is InChI=1S/C24H23N3O2S/c1-17(28)27(20-10-3-2-4-11-20)24-25-19(16-30-24)14-15-23(29)26-22-13-7-9-18-8-5-6-12-21(18)22/h2-6,8,10-12,14-16,22H,7,9,13H2,1H3,(H,26,29)/b15-14+/t22-/m0/s1. The number of carbonyl (C=O) groups excluding carboxylic acids is 2. The molecule has 3 aromatic rings. The van der Waals surface area contributed by atoms with Crippen LogP contribution in [0.1, 0.15) is 42.6 Å². The Bertz CT molecular complexity index is 1070. The molecule has 1 aromatic heterocycles. The van der Waals surface area contributed by atoms with Crippen molar-refractivity contribution in [3.63, 3.8) is 0 Å². The molecule has 0 saturated carbocycles. The molecule has 1 heterocycles. The molecule has 2 amide bonds. The number of anilines is 2. The van der Waals surface area contributed by atoms with Gasteiger partial charge in [0, 0.05) is 18.4 Å². The van der Waals surface area contributed by atoms with Gasteiger partial charge in [0.05, 0.1) is 17.4 Å².